The molecule has 0 aliphatic carbocycles. The molecule has 0 radical (unpaired) electrons. The van der Waals surface area contributed by atoms with Crippen LogP contribution in [0.1, 0.15) is 0 Å². The van der Waals surface area contributed by atoms with Crippen molar-refractivity contribution in [3.05, 3.63) is 267 Å². The highest BCUT2D eigenvalue weighted by Gasteiger charge is 2.21. The van der Waals surface area contributed by atoms with Crippen molar-refractivity contribution in [3.63, 3.8) is 0 Å². The van der Waals surface area contributed by atoms with Crippen LogP contribution >= 0.6 is 0 Å². The van der Waals surface area contributed by atoms with Gasteiger partial charge < -0.3 is 13.9 Å². The predicted octanol–water partition coefficient (Wildman–Crippen LogP) is 18.5. The largest absolute Gasteiger partial charge is 0.456 e. The zero-order valence-corrected chi connectivity index (χ0v) is 37.7. The summed E-state index contributed by atoms with van der Waals surface area (Å²) in [6.45, 7) is 0. The van der Waals surface area contributed by atoms with Gasteiger partial charge in [0, 0.05) is 44.2 Å². The molecule has 3 heteroatoms. The maximum atomic E-state index is 6.31. The summed E-state index contributed by atoms with van der Waals surface area (Å²) in [5.74, 6) is 0. The first-order valence-corrected chi connectivity index (χ1v) is 23.6. The molecule has 0 amide bonds. The lowest BCUT2D eigenvalue weighted by Gasteiger charge is -2.29. The summed E-state index contributed by atoms with van der Waals surface area (Å²) in [7, 11) is 0. The van der Waals surface area contributed by atoms with Crippen LogP contribution in [0.3, 0.4) is 0 Å². The Balaban J connectivity index is 0.946. The lowest BCUT2D eigenvalue weighted by Crippen LogP contribution is -2.11. The highest BCUT2D eigenvalue weighted by atomic mass is 16.3. The number of para-hydroxylation sites is 4. The quantitative estimate of drug-likeness (QED) is 0.144. The summed E-state index contributed by atoms with van der Waals surface area (Å²) < 4.78 is 8.70. The number of anilines is 3. The number of aromatic nitrogens is 1. The summed E-state index contributed by atoms with van der Waals surface area (Å²) in [4.78, 5) is 2.41. The number of furan rings is 1. The molecule has 0 N–H and O–H groups in total. The molecule has 0 aliphatic rings. The van der Waals surface area contributed by atoms with Crippen molar-refractivity contribution in [1.82, 2.24) is 4.57 Å². The van der Waals surface area contributed by atoms with Crippen molar-refractivity contribution in [2.24, 2.45) is 0 Å². The number of benzene rings is 11. The Kier molecular flexibility index (Phi) is 9.84. The molecule has 13 aromatic rings. The Labute approximate surface area is 401 Å². The molecule has 0 bridgehead atoms. The smallest absolute Gasteiger partial charge is 0.136 e. The lowest BCUT2D eigenvalue weighted by atomic mass is 9.88. The van der Waals surface area contributed by atoms with Crippen LogP contribution in [-0.4, -0.2) is 4.57 Å². The second-order valence-electron chi connectivity index (χ2n) is 17.6. The van der Waals surface area contributed by atoms with Crippen LogP contribution in [0.15, 0.2) is 271 Å². The number of fused-ring (bicyclic) bond motifs is 6. The molecule has 69 heavy (non-hydrogen) atoms. The van der Waals surface area contributed by atoms with Crippen molar-refractivity contribution in [3.8, 4) is 61.3 Å². The third-order valence-corrected chi connectivity index (χ3v) is 13.6. The number of hydrogen-bond acceptors (Lipinski definition) is 2. The summed E-state index contributed by atoms with van der Waals surface area (Å²) in [5, 5.41) is 4.77. The van der Waals surface area contributed by atoms with Crippen molar-refractivity contribution in [2.75, 3.05) is 4.90 Å². The van der Waals surface area contributed by atoms with E-state index in [4.69, 9.17) is 4.42 Å². The molecular formula is C66H44N2O. The topological polar surface area (TPSA) is 21.3 Å². The van der Waals surface area contributed by atoms with Crippen molar-refractivity contribution < 1.29 is 4.42 Å². The van der Waals surface area contributed by atoms with Gasteiger partial charge in [-0.1, -0.05) is 200 Å². The molecule has 0 fully saturated rings. The van der Waals surface area contributed by atoms with Gasteiger partial charge >= 0.3 is 0 Å². The summed E-state index contributed by atoms with van der Waals surface area (Å²) >= 11 is 0. The molecule has 0 saturated carbocycles. The monoisotopic (exact) mass is 880 g/mol. The van der Waals surface area contributed by atoms with Gasteiger partial charge in [0.15, 0.2) is 0 Å². The van der Waals surface area contributed by atoms with E-state index in [0.717, 1.165) is 78.1 Å². The predicted molar refractivity (Wildman–Crippen MR) is 290 cm³/mol. The van der Waals surface area contributed by atoms with E-state index in [-0.39, 0.29) is 0 Å². The average molecular weight is 881 g/mol. The third kappa shape index (κ3) is 6.99. The second-order valence-corrected chi connectivity index (χ2v) is 17.6. The fourth-order valence-corrected chi connectivity index (χ4v) is 10.5. The maximum absolute atomic E-state index is 6.31. The fraction of sp³-hybridized carbons (Fsp3) is 0. The van der Waals surface area contributed by atoms with Crippen LogP contribution in [0.5, 0.6) is 0 Å². The van der Waals surface area contributed by atoms with Gasteiger partial charge in [-0.05, 0) is 117 Å². The molecule has 2 aromatic heterocycles. The van der Waals surface area contributed by atoms with Gasteiger partial charge in [0.2, 0.25) is 0 Å². The standard InChI is InChI=1S/C66H44N2O/c1-2-18-46(19-3-1)52-22-4-5-23-54(52)55-24-6-7-25-56(55)57-26-8-12-31-61(57)67(50-42-38-47(39-43-50)53-30-17-35-65-66(53)60-29-11-15-34-64(60)69-65)49-40-36-45(37-41-49)48-20-16-21-51(44-48)68-62-32-13-9-27-58(62)59-28-10-14-33-63(59)68/h1-44H. The Morgan fingerprint density at radius 3 is 1.45 bits per heavy atom. The summed E-state index contributed by atoms with van der Waals surface area (Å²) in [6, 6.07) is 96.1. The minimum atomic E-state index is 0.890. The molecule has 11 aromatic carbocycles. The molecule has 3 nitrogen and oxygen atoms in total. The van der Waals surface area contributed by atoms with E-state index in [0.29, 0.717) is 0 Å². The Morgan fingerprint density at radius 2 is 0.754 bits per heavy atom. The van der Waals surface area contributed by atoms with E-state index in [1.165, 1.54) is 44.1 Å². The van der Waals surface area contributed by atoms with Crippen LogP contribution in [-0.2, 0) is 0 Å². The van der Waals surface area contributed by atoms with Crippen LogP contribution in [0.4, 0.5) is 17.1 Å². The van der Waals surface area contributed by atoms with Gasteiger partial charge in [-0.25, -0.2) is 0 Å². The van der Waals surface area contributed by atoms with Crippen LogP contribution in [0, 0.1) is 0 Å². The van der Waals surface area contributed by atoms with Crippen LogP contribution in [0.25, 0.3) is 105 Å². The highest BCUT2D eigenvalue weighted by molar-refractivity contribution is 6.13. The first-order chi connectivity index (χ1) is 34.2. The van der Waals surface area contributed by atoms with E-state index < -0.39 is 0 Å². The van der Waals surface area contributed by atoms with Crippen molar-refractivity contribution in [2.45, 2.75) is 0 Å². The molecule has 0 atom stereocenters. The molecule has 324 valence electrons. The van der Waals surface area contributed by atoms with Gasteiger partial charge in [0.1, 0.15) is 11.2 Å². The first-order valence-electron chi connectivity index (χ1n) is 23.6. The maximum Gasteiger partial charge on any atom is 0.136 e. The zero-order valence-electron chi connectivity index (χ0n) is 37.7. The number of hydrogen-bond donors (Lipinski definition) is 0. The number of rotatable bonds is 9. The van der Waals surface area contributed by atoms with Crippen LogP contribution in [0.2, 0.25) is 0 Å². The van der Waals surface area contributed by atoms with E-state index in [9.17, 15) is 0 Å². The summed E-state index contributed by atoms with van der Waals surface area (Å²) in [5.41, 5.74) is 20.2. The van der Waals surface area contributed by atoms with Crippen molar-refractivity contribution in [1.29, 1.82) is 0 Å². The van der Waals surface area contributed by atoms with Gasteiger partial charge in [-0.3, -0.25) is 0 Å². The van der Waals surface area contributed by atoms with Gasteiger partial charge in [0.25, 0.3) is 0 Å². The van der Waals surface area contributed by atoms with Crippen molar-refractivity contribution >= 4 is 60.8 Å². The van der Waals surface area contributed by atoms with E-state index in [2.05, 4.69) is 264 Å². The van der Waals surface area contributed by atoms with E-state index >= 15 is 0 Å². The van der Waals surface area contributed by atoms with Gasteiger partial charge in [0.05, 0.1) is 16.7 Å². The minimum absolute atomic E-state index is 0.890. The second kappa shape index (κ2) is 16.9. The van der Waals surface area contributed by atoms with E-state index in [1.54, 1.807) is 0 Å². The Morgan fingerprint density at radius 1 is 0.290 bits per heavy atom. The molecular weight excluding hydrogens is 837 g/mol. The zero-order chi connectivity index (χ0) is 45.7. The lowest BCUT2D eigenvalue weighted by molar-refractivity contribution is 0.669. The van der Waals surface area contributed by atoms with E-state index in [1.807, 2.05) is 12.1 Å². The SMILES string of the molecule is c1ccc(-c2ccccc2-c2ccccc2-c2ccccc2N(c2ccc(-c3cccc(-n4c5ccccc5c5ccccc54)c3)cc2)c2ccc(-c3cccc4oc5ccccc5c34)cc2)cc1. The summed E-state index contributed by atoms with van der Waals surface area (Å²) in [6.07, 6.45) is 0. The number of nitrogens with zero attached hydrogens (tertiary/aromatic N) is 2. The molecule has 0 spiro atoms. The normalized spacial score (nSPS) is 11.5. The van der Waals surface area contributed by atoms with Crippen LogP contribution < -0.4 is 4.90 Å². The Hall–Kier alpha value is -9.18. The molecule has 13 rings (SSSR count). The molecule has 2 heterocycles. The molecule has 0 saturated heterocycles. The fourth-order valence-electron chi connectivity index (χ4n) is 10.5. The van der Waals surface area contributed by atoms with Gasteiger partial charge in [-0.2, -0.15) is 0 Å². The molecule has 0 aliphatic heterocycles. The van der Waals surface area contributed by atoms with Gasteiger partial charge in [-0.15, -0.1) is 0 Å². The molecule has 0 unspecified atom stereocenters. The first kappa shape index (κ1) is 40.1. The minimum Gasteiger partial charge on any atom is -0.456 e. The third-order valence-electron chi connectivity index (χ3n) is 13.6. The highest BCUT2D eigenvalue weighted by Crippen LogP contribution is 2.46. The Bertz CT molecular complexity index is 3960. The average Bonchev–Trinajstić information content (AvgIpc) is 3.98.